The van der Waals surface area contributed by atoms with E-state index in [0.29, 0.717) is 17.2 Å². The fraction of sp³-hybridized carbons (Fsp3) is 0.400. The SMILES string of the molecule is CCOC(=O)c1c(NC(=O)Cc2csc(C)n2)sc(C)c1C. The van der Waals surface area contributed by atoms with Crippen molar-refractivity contribution in [3.05, 3.63) is 32.1 Å². The molecule has 2 aromatic rings. The molecule has 2 rings (SSSR count). The molecule has 0 atom stereocenters. The second-order valence-electron chi connectivity index (χ2n) is 4.79. The summed E-state index contributed by atoms with van der Waals surface area (Å²) >= 11 is 2.90. The number of carbonyl (C=O) groups is 2. The summed E-state index contributed by atoms with van der Waals surface area (Å²) in [6, 6.07) is 0. The van der Waals surface area contributed by atoms with E-state index < -0.39 is 5.97 Å². The summed E-state index contributed by atoms with van der Waals surface area (Å²) in [6.07, 6.45) is 0.197. The molecule has 2 aromatic heterocycles. The molecule has 7 heteroatoms. The van der Waals surface area contributed by atoms with E-state index in [4.69, 9.17) is 4.74 Å². The van der Waals surface area contributed by atoms with Crippen LogP contribution >= 0.6 is 22.7 Å². The fourth-order valence-corrected chi connectivity index (χ4v) is 3.67. The number of esters is 1. The van der Waals surface area contributed by atoms with Crippen molar-refractivity contribution >= 4 is 39.6 Å². The molecule has 2 heterocycles. The van der Waals surface area contributed by atoms with Crippen molar-refractivity contribution in [2.24, 2.45) is 0 Å². The second kappa shape index (κ2) is 7.02. The lowest BCUT2D eigenvalue weighted by molar-refractivity contribution is -0.115. The molecule has 0 fully saturated rings. The van der Waals surface area contributed by atoms with Gasteiger partial charge in [0, 0.05) is 10.3 Å². The molecule has 0 aliphatic carbocycles. The van der Waals surface area contributed by atoms with Gasteiger partial charge in [0.25, 0.3) is 0 Å². The number of carbonyl (C=O) groups excluding carboxylic acids is 2. The lowest BCUT2D eigenvalue weighted by atomic mass is 10.1. The number of hydrogen-bond acceptors (Lipinski definition) is 6. The molecule has 1 amide bonds. The van der Waals surface area contributed by atoms with Gasteiger partial charge in [-0.25, -0.2) is 9.78 Å². The summed E-state index contributed by atoms with van der Waals surface area (Å²) in [5, 5.41) is 6.15. The number of thiazole rings is 1. The molecule has 118 valence electrons. The normalized spacial score (nSPS) is 10.5. The van der Waals surface area contributed by atoms with Crippen LogP contribution in [0.15, 0.2) is 5.38 Å². The van der Waals surface area contributed by atoms with E-state index >= 15 is 0 Å². The highest BCUT2D eigenvalue weighted by atomic mass is 32.1. The van der Waals surface area contributed by atoms with Crippen LogP contribution in [-0.2, 0) is 16.0 Å². The van der Waals surface area contributed by atoms with Crippen LogP contribution in [0.5, 0.6) is 0 Å². The molecule has 0 aliphatic rings. The van der Waals surface area contributed by atoms with E-state index in [1.165, 1.54) is 22.7 Å². The van der Waals surface area contributed by atoms with Gasteiger partial charge >= 0.3 is 5.97 Å². The Hall–Kier alpha value is -1.73. The predicted molar refractivity (Wildman–Crippen MR) is 88.9 cm³/mol. The Morgan fingerprint density at radius 1 is 1.32 bits per heavy atom. The minimum absolute atomic E-state index is 0.183. The van der Waals surface area contributed by atoms with Crippen molar-refractivity contribution in [2.45, 2.75) is 34.1 Å². The van der Waals surface area contributed by atoms with E-state index in [1.54, 1.807) is 6.92 Å². The van der Waals surface area contributed by atoms with E-state index in [0.717, 1.165) is 21.1 Å². The maximum Gasteiger partial charge on any atom is 0.341 e. The lowest BCUT2D eigenvalue weighted by Gasteiger charge is -2.06. The summed E-state index contributed by atoms with van der Waals surface area (Å²) in [5.74, 6) is -0.582. The van der Waals surface area contributed by atoms with Gasteiger partial charge in [-0.15, -0.1) is 22.7 Å². The Morgan fingerprint density at radius 3 is 2.64 bits per heavy atom. The smallest absolute Gasteiger partial charge is 0.341 e. The van der Waals surface area contributed by atoms with Gasteiger partial charge in [0.05, 0.1) is 29.3 Å². The second-order valence-corrected chi connectivity index (χ2v) is 7.08. The summed E-state index contributed by atoms with van der Waals surface area (Å²) in [4.78, 5) is 29.5. The topological polar surface area (TPSA) is 68.3 Å². The Kier molecular flexibility index (Phi) is 5.31. The Bertz CT molecular complexity index is 704. The fourth-order valence-electron chi connectivity index (χ4n) is 1.99. The number of rotatable bonds is 5. The summed E-state index contributed by atoms with van der Waals surface area (Å²) in [6.45, 7) is 7.74. The maximum absolute atomic E-state index is 12.2. The zero-order chi connectivity index (χ0) is 16.3. The number of aryl methyl sites for hydroxylation is 2. The van der Waals surface area contributed by atoms with Crippen LogP contribution in [0.1, 0.15) is 38.4 Å². The highest BCUT2D eigenvalue weighted by molar-refractivity contribution is 7.16. The molecular weight excluding hydrogens is 320 g/mol. The minimum atomic E-state index is -0.399. The monoisotopic (exact) mass is 338 g/mol. The van der Waals surface area contributed by atoms with Crippen LogP contribution < -0.4 is 5.32 Å². The molecule has 0 aromatic carbocycles. The van der Waals surface area contributed by atoms with Crippen molar-refractivity contribution in [1.82, 2.24) is 4.98 Å². The molecule has 0 unspecified atom stereocenters. The van der Waals surface area contributed by atoms with Gasteiger partial charge in [0.15, 0.2) is 0 Å². The molecule has 0 saturated heterocycles. The molecule has 0 radical (unpaired) electrons. The third-order valence-corrected chi connectivity index (χ3v) is 5.07. The summed E-state index contributed by atoms with van der Waals surface area (Å²) in [5.41, 5.74) is 2.04. The first-order valence-electron chi connectivity index (χ1n) is 6.90. The Labute approximate surface area is 137 Å². The van der Waals surface area contributed by atoms with Crippen LogP contribution in [0.4, 0.5) is 5.00 Å². The molecule has 0 bridgehead atoms. The number of aromatic nitrogens is 1. The average molecular weight is 338 g/mol. The standard InChI is InChI=1S/C15H18N2O3S2/c1-5-20-15(19)13-8(2)9(3)22-14(13)17-12(18)6-11-7-21-10(4)16-11/h7H,5-6H2,1-4H3,(H,17,18). The Morgan fingerprint density at radius 2 is 2.05 bits per heavy atom. The van der Waals surface area contributed by atoms with Crippen LogP contribution in [0.2, 0.25) is 0 Å². The van der Waals surface area contributed by atoms with Gasteiger partial charge in [0.1, 0.15) is 5.00 Å². The van der Waals surface area contributed by atoms with Gasteiger partial charge in [-0.05, 0) is 33.3 Å². The number of thiophene rings is 1. The molecule has 5 nitrogen and oxygen atoms in total. The summed E-state index contributed by atoms with van der Waals surface area (Å²) < 4.78 is 5.07. The quantitative estimate of drug-likeness (QED) is 0.847. The molecular formula is C15H18N2O3S2. The molecule has 1 N–H and O–H groups in total. The first-order valence-corrected chi connectivity index (χ1v) is 8.60. The third-order valence-electron chi connectivity index (χ3n) is 3.13. The zero-order valence-corrected chi connectivity index (χ0v) is 14.6. The van der Waals surface area contributed by atoms with Crippen molar-refractivity contribution < 1.29 is 14.3 Å². The molecule has 22 heavy (non-hydrogen) atoms. The van der Waals surface area contributed by atoms with Gasteiger partial charge in [-0.2, -0.15) is 0 Å². The molecule has 0 saturated carbocycles. The maximum atomic E-state index is 12.2. The molecule has 0 spiro atoms. The van der Waals surface area contributed by atoms with Crippen molar-refractivity contribution in [2.75, 3.05) is 11.9 Å². The van der Waals surface area contributed by atoms with Crippen molar-refractivity contribution in [1.29, 1.82) is 0 Å². The number of nitrogens with one attached hydrogen (secondary N) is 1. The average Bonchev–Trinajstić information content (AvgIpc) is 2.94. The van der Waals surface area contributed by atoms with Crippen molar-refractivity contribution in [3.8, 4) is 0 Å². The number of anilines is 1. The number of nitrogens with zero attached hydrogens (tertiary/aromatic N) is 1. The largest absolute Gasteiger partial charge is 0.462 e. The highest BCUT2D eigenvalue weighted by Crippen LogP contribution is 2.33. The van der Waals surface area contributed by atoms with Gasteiger partial charge < -0.3 is 10.1 Å². The Balaban J connectivity index is 2.16. The zero-order valence-electron chi connectivity index (χ0n) is 13.0. The van der Waals surface area contributed by atoms with Gasteiger partial charge in [-0.1, -0.05) is 0 Å². The third kappa shape index (κ3) is 3.72. The van der Waals surface area contributed by atoms with E-state index in [1.807, 2.05) is 26.2 Å². The van der Waals surface area contributed by atoms with Crippen LogP contribution in [0, 0.1) is 20.8 Å². The highest BCUT2D eigenvalue weighted by Gasteiger charge is 2.22. The van der Waals surface area contributed by atoms with Crippen molar-refractivity contribution in [3.63, 3.8) is 0 Å². The first-order chi connectivity index (χ1) is 10.4. The van der Waals surface area contributed by atoms with E-state index in [9.17, 15) is 9.59 Å². The first kappa shape index (κ1) is 16.6. The molecule has 0 aliphatic heterocycles. The number of ether oxygens (including phenoxy) is 1. The number of amides is 1. The van der Waals surface area contributed by atoms with E-state index in [2.05, 4.69) is 10.3 Å². The van der Waals surface area contributed by atoms with Gasteiger partial charge in [0.2, 0.25) is 5.91 Å². The number of hydrogen-bond donors (Lipinski definition) is 1. The lowest BCUT2D eigenvalue weighted by Crippen LogP contribution is -2.16. The van der Waals surface area contributed by atoms with Crippen LogP contribution in [0.25, 0.3) is 0 Å². The minimum Gasteiger partial charge on any atom is -0.462 e. The predicted octanol–water partition coefficient (Wildman–Crippen LogP) is 3.49. The summed E-state index contributed by atoms with van der Waals surface area (Å²) in [7, 11) is 0. The van der Waals surface area contributed by atoms with E-state index in [-0.39, 0.29) is 12.3 Å². The van der Waals surface area contributed by atoms with Crippen LogP contribution in [0.3, 0.4) is 0 Å². The van der Waals surface area contributed by atoms with Crippen LogP contribution in [-0.4, -0.2) is 23.5 Å². The van der Waals surface area contributed by atoms with Gasteiger partial charge in [-0.3, -0.25) is 4.79 Å².